The molecule has 1 fully saturated rings. The minimum atomic E-state index is -0.185. The van der Waals surface area contributed by atoms with E-state index in [9.17, 15) is 4.79 Å². The second-order valence-corrected chi connectivity index (χ2v) is 4.94. The first-order valence-corrected chi connectivity index (χ1v) is 5.36. The summed E-state index contributed by atoms with van der Waals surface area (Å²) in [6.07, 6.45) is 1.17. The van der Waals surface area contributed by atoms with E-state index in [1.807, 2.05) is 0 Å². The molecule has 0 spiro atoms. The number of hydrogen-bond acceptors (Lipinski definition) is 4. The molecule has 1 aromatic rings. The molecule has 0 radical (unpaired) electrons. The molecular formula is C11H16N4O. The van der Waals surface area contributed by atoms with Crippen molar-refractivity contribution in [1.29, 1.82) is 0 Å². The SMILES string of the molecule is CC1(C)CC1CNC(=O)c1ccc(N)nn1. The highest BCUT2D eigenvalue weighted by Crippen LogP contribution is 2.50. The highest BCUT2D eigenvalue weighted by molar-refractivity contribution is 5.92. The normalized spacial score (nSPS) is 21.5. The number of nitrogens with two attached hydrogens (primary N) is 1. The lowest BCUT2D eigenvalue weighted by atomic mass is 10.1. The molecule has 3 N–H and O–H groups in total. The molecule has 16 heavy (non-hydrogen) atoms. The number of rotatable bonds is 3. The van der Waals surface area contributed by atoms with Gasteiger partial charge in [-0.05, 0) is 29.9 Å². The maximum absolute atomic E-state index is 11.6. The Morgan fingerprint density at radius 1 is 1.56 bits per heavy atom. The van der Waals surface area contributed by atoms with Gasteiger partial charge in [0.05, 0.1) is 0 Å². The molecule has 0 saturated heterocycles. The van der Waals surface area contributed by atoms with Crippen LogP contribution in [-0.4, -0.2) is 22.6 Å². The maximum atomic E-state index is 11.6. The van der Waals surface area contributed by atoms with Crippen molar-refractivity contribution < 1.29 is 4.79 Å². The van der Waals surface area contributed by atoms with Crippen LogP contribution < -0.4 is 11.1 Å². The fraction of sp³-hybridized carbons (Fsp3) is 0.545. The smallest absolute Gasteiger partial charge is 0.271 e. The fourth-order valence-corrected chi connectivity index (χ4v) is 1.69. The molecule has 0 aliphatic heterocycles. The minimum absolute atomic E-state index is 0.185. The quantitative estimate of drug-likeness (QED) is 0.790. The number of aromatic nitrogens is 2. The summed E-state index contributed by atoms with van der Waals surface area (Å²) in [6.45, 7) is 5.11. The molecule has 1 aliphatic rings. The third-order valence-corrected chi connectivity index (χ3v) is 3.14. The van der Waals surface area contributed by atoms with Crippen molar-refractivity contribution in [2.45, 2.75) is 20.3 Å². The number of carbonyl (C=O) groups excluding carboxylic acids is 1. The Hall–Kier alpha value is -1.65. The number of nitrogens with one attached hydrogen (secondary N) is 1. The highest BCUT2D eigenvalue weighted by Gasteiger charge is 2.45. The molecule has 1 aromatic heterocycles. The Labute approximate surface area is 94.4 Å². The summed E-state index contributed by atoms with van der Waals surface area (Å²) < 4.78 is 0. The molecule has 86 valence electrons. The van der Waals surface area contributed by atoms with Crippen molar-refractivity contribution in [2.75, 3.05) is 12.3 Å². The lowest BCUT2D eigenvalue weighted by Crippen LogP contribution is -2.27. The van der Waals surface area contributed by atoms with Gasteiger partial charge in [0, 0.05) is 6.54 Å². The molecule has 1 amide bonds. The van der Waals surface area contributed by atoms with E-state index in [2.05, 4.69) is 29.4 Å². The summed E-state index contributed by atoms with van der Waals surface area (Å²) in [7, 11) is 0. The molecule has 2 rings (SSSR count). The van der Waals surface area contributed by atoms with Gasteiger partial charge >= 0.3 is 0 Å². The van der Waals surface area contributed by atoms with Gasteiger partial charge in [-0.3, -0.25) is 4.79 Å². The molecule has 1 heterocycles. The van der Waals surface area contributed by atoms with Crippen LogP contribution in [0.1, 0.15) is 30.8 Å². The van der Waals surface area contributed by atoms with Gasteiger partial charge in [-0.2, -0.15) is 0 Å². The van der Waals surface area contributed by atoms with Crippen LogP contribution >= 0.6 is 0 Å². The van der Waals surface area contributed by atoms with Crippen LogP contribution in [0.25, 0.3) is 0 Å². The molecule has 1 unspecified atom stereocenters. The van der Waals surface area contributed by atoms with E-state index in [1.165, 1.54) is 6.42 Å². The van der Waals surface area contributed by atoms with Crippen molar-refractivity contribution in [3.63, 3.8) is 0 Å². The molecule has 1 aliphatic carbocycles. The van der Waals surface area contributed by atoms with Gasteiger partial charge in [-0.25, -0.2) is 0 Å². The summed E-state index contributed by atoms with van der Waals surface area (Å²) in [6, 6.07) is 3.15. The summed E-state index contributed by atoms with van der Waals surface area (Å²) in [5.41, 5.74) is 6.08. The molecule has 0 bridgehead atoms. The first-order chi connectivity index (χ1) is 7.49. The van der Waals surface area contributed by atoms with E-state index in [0.29, 0.717) is 29.4 Å². The van der Waals surface area contributed by atoms with Crippen LogP contribution in [-0.2, 0) is 0 Å². The van der Waals surface area contributed by atoms with Crippen LogP contribution in [0.3, 0.4) is 0 Å². The van der Waals surface area contributed by atoms with Gasteiger partial charge < -0.3 is 11.1 Å². The molecule has 5 nitrogen and oxygen atoms in total. The van der Waals surface area contributed by atoms with E-state index in [-0.39, 0.29) is 5.91 Å². The topological polar surface area (TPSA) is 80.9 Å². The lowest BCUT2D eigenvalue weighted by Gasteiger charge is -2.05. The highest BCUT2D eigenvalue weighted by atomic mass is 16.1. The maximum Gasteiger partial charge on any atom is 0.271 e. The Bertz CT molecular complexity index is 399. The number of amides is 1. The zero-order chi connectivity index (χ0) is 11.8. The number of hydrogen-bond donors (Lipinski definition) is 2. The summed E-state index contributed by atoms with van der Waals surface area (Å²) in [5.74, 6) is 0.716. The van der Waals surface area contributed by atoms with Gasteiger partial charge in [0.2, 0.25) is 0 Å². The number of carbonyl (C=O) groups is 1. The number of nitrogens with zero attached hydrogens (tertiary/aromatic N) is 2. The predicted octanol–water partition coefficient (Wildman–Crippen LogP) is 0.835. The number of nitrogen functional groups attached to an aromatic ring is 1. The van der Waals surface area contributed by atoms with Crippen LogP contribution in [0.4, 0.5) is 5.82 Å². The fourth-order valence-electron chi connectivity index (χ4n) is 1.69. The number of anilines is 1. The first kappa shape index (κ1) is 10.9. The Morgan fingerprint density at radius 2 is 2.25 bits per heavy atom. The molecule has 1 saturated carbocycles. The molecule has 1 atom stereocenters. The second-order valence-electron chi connectivity index (χ2n) is 4.94. The van der Waals surface area contributed by atoms with E-state index in [0.717, 1.165) is 0 Å². The van der Waals surface area contributed by atoms with E-state index in [1.54, 1.807) is 12.1 Å². The Morgan fingerprint density at radius 3 is 2.75 bits per heavy atom. The summed E-state index contributed by atoms with van der Waals surface area (Å²) in [4.78, 5) is 11.6. The molecule has 5 heteroatoms. The summed E-state index contributed by atoms with van der Waals surface area (Å²) in [5, 5.41) is 10.2. The van der Waals surface area contributed by atoms with Crippen molar-refractivity contribution in [2.24, 2.45) is 11.3 Å². The van der Waals surface area contributed by atoms with E-state index >= 15 is 0 Å². The average molecular weight is 220 g/mol. The van der Waals surface area contributed by atoms with Gasteiger partial charge in [-0.15, -0.1) is 10.2 Å². The van der Waals surface area contributed by atoms with Crippen LogP contribution in [0.5, 0.6) is 0 Å². The second kappa shape index (κ2) is 3.73. The third kappa shape index (κ3) is 2.29. The van der Waals surface area contributed by atoms with Crippen LogP contribution in [0.15, 0.2) is 12.1 Å². The predicted molar refractivity (Wildman–Crippen MR) is 60.7 cm³/mol. The molecular weight excluding hydrogens is 204 g/mol. The first-order valence-electron chi connectivity index (χ1n) is 5.36. The molecule has 0 aromatic carbocycles. The van der Waals surface area contributed by atoms with Crippen molar-refractivity contribution in [1.82, 2.24) is 15.5 Å². The van der Waals surface area contributed by atoms with Crippen molar-refractivity contribution in [3.8, 4) is 0 Å². The lowest BCUT2D eigenvalue weighted by molar-refractivity contribution is 0.0944. The van der Waals surface area contributed by atoms with Crippen molar-refractivity contribution >= 4 is 11.7 Å². The Kier molecular flexibility index (Phi) is 2.53. The zero-order valence-electron chi connectivity index (χ0n) is 9.53. The van der Waals surface area contributed by atoms with E-state index in [4.69, 9.17) is 5.73 Å². The largest absolute Gasteiger partial charge is 0.382 e. The zero-order valence-corrected chi connectivity index (χ0v) is 9.53. The van der Waals surface area contributed by atoms with Gasteiger partial charge in [0.1, 0.15) is 5.82 Å². The Balaban J connectivity index is 1.87. The standard InChI is InChI=1S/C11H16N4O/c1-11(2)5-7(11)6-13-10(16)8-3-4-9(12)15-14-8/h3-4,7H,5-6H2,1-2H3,(H2,12,15)(H,13,16). The third-order valence-electron chi connectivity index (χ3n) is 3.14. The van der Waals surface area contributed by atoms with Crippen LogP contribution in [0, 0.1) is 11.3 Å². The van der Waals surface area contributed by atoms with Gasteiger partial charge in [0.25, 0.3) is 5.91 Å². The van der Waals surface area contributed by atoms with Gasteiger partial charge in [-0.1, -0.05) is 13.8 Å². The monoisotopic (exact) mass is 220 g/mol. The van der Waals surface area contributed by atoms with Crippen molar-refractivity contribution in [3.05, 3.63) is 17.8 Å². The summed E-state index contributed by atoms with van der Waals surface area (Å²) >= 11 is 0. The minimum Gasteiger partial charge on any atom is -0.382 e. The van der Waals surface area contributed by atoms with Gasteiger partial charge in [0.15, 0.2) is 5.69 Å². The average Bonchev–Trinajstić information content (AvgIpc) is 2.84. The van der Waals surface area contributed by atoms with Crippen LogP contribution in [0.2, 0.25) is 0 Å². The van der Waals surface area contributed by atoms with E-state index < -0.39 is 0 Å².